The number of nitrogens with zero attached hydrogens (tertiary/aromatic N) is 3. The van der Waals surface area contributed by atoms with Crippen LogP contribution >= 0.6 is 0 Å². The van der Waals surface area contributed by atoms with Crippen LogP contribution in [0.5, 0.6) is 0 Å². The van der Waals surface area contributed by atoms with Gasteiger partial charge in [-0.25, -0.2) is 9.78 Å². The summed E-state index contributed by atoms with van der Waals surface area (Å²) in [6, 6.07) is 5.47. The summed E-state index contributed by atoms with van der Waals surface area (Å²) in [6.07, 6.45) is 1.63. The Kier molecular flexibility index (Phi) is 2.91. The maximum atomic E-state index is 11.8. The van der Waals surface area contributed by atoms with Crippen LogP contribution < -0.4 is 11.4 Å². The Labute approximate surface area is 99.0 Å². The SMILES string of the molecule is Cc1cc(C)n(Cc2ccnc(N)c2)c(=O)n1. The molecule has 2 aromatic heterocycles. The van der Waals surface area contributed by atoms with E-state index in [2.05, 4.69) is 9.97 Å². The van der Waals surface area contributed by atoms with Gasteiger partial charge < -0.3 is 5.73 Å². The summed E-state index contributed by atoms with van der Waals surface area (Å²) < 4.78 is 1.61. The van der Waals surface area contributed by atoms with Crippen LogP contribution in [-0.4, -0.2) is 14.5 Å². The number of aryl methyl sites for hydroxylation is 2. The lowest BCUT2D eigenvalue weighted by Crippen LogP contribution is -2.26. The molecule has 0 aliphatic rings. The quantitative estimate of drug-likeness (QED) is 0.831. The van der Waals surface area contributed by atoms with E-state index < -0.39 is 0 Å². The van der Waals surface area contributed by atoms with Gasteiger partial charge in [0, 0.05) is 17.6 Å². The van der Waals surface area contributed by atoms with Crippen LogP contribution in [0.1, 0.15) is 17.0 Å². The van der Waals surface area contributed by atoms with Gasteiger partial charge in [0.05, 0.1) is 6.54 Å². The first-order valence-electron chi connectivity index (χ1n) is 5.32. The first kappa shape index (κ1) is 11.3. The molecule has 0 radical (unpaired) electrons. The number of pyridine rings is 1. The summed E-state index contributed by atoms with van der Waals surface area (Å²) in [6.45, 7) is 4.16. The molecule has 0 atom stereocenters. The maximum absolute atomic E-state index is 11.8. The average Bonchev–Trinajstić information content (AvgIpc) is 2.23. The van der Waals surface area contributed by atoms with E-state index >= 15 is 0 Å². The number of hydrogen-bond acceptors (Lipinski definition) is 4. The summed E-state index contributed by atoms with van der Waals surface area (Å²) >= 11 is 0. The summed E-state index contributed by atoms with van der Waals surface area (Å²) in [5, 5.41) is 0. The smallest absolute Gasteiger partial charge is 0.348 e. The third-order valence-electron chi connectivity index (χ3n) is 2.53. The predicted octanol–water partition coefficient (Wildman–Crippen LogP) is 0.886. The molecule has 2 rings (SSSR count). The highest BCUT2D eigenvalue weighted by atomic mass is 16.1. The second-order valence-corrected chi connectivity index (χ2v) is 4.00. The van der Waals surface area contributed by atoms with Crippen molar-refractivity contribution in [2.45, 2.75) is 20.4 Å². The molecule has 0 fully saturated rings. The first-order valence-corrected chi connectivity index (χ1v) is 5.32. The van der Waals surface area contributed by atoms with Crippen molar-refractivity contribution in [2.24, 2.45) is 0 Å². The number of nitrogen functional groups attached to an aromatic ring is 1. The second kappa shape index (κ2) is 4.37. The van der Waals surface area contributed by atoms with Crippen molar-refractivity contribution in [1.82, 2.24) is 14.5 Å². The van der Waals surface area contributed by atoms with Gasteiger partial charge in [-0.3, -0.25) is 4.57 Å². The van der Waals surface area contributed by atoms with Gasteiger partial charge in [-0.2, -0.15) is 4.98 Å². The van der Waals surface area contributed by atoms with E-state index in [1.165, 1.54) is 0 Å². The zero-order chi connectivity index (χ0) is 12.4. The standard InChI is InChI=1S/C12H14N4O/c1-8-5-9(2)16(12(17)15-8)7-10-3-4-14-11(13)6-10/h3-6H,7H2,1-2H3,(H2,13,14). The summed E-state index contributed by atoms with van der Waals surface area (Å²) in [7, 11) is 0. The van der Waals surface area contributed by atoms with Gasteiger partial charge in [0.25, 0.3) is 0 Å². The Morgan fingerprint density at radius 2 is 2.12 bits per heavy atom. The lowest BCUT2D eigenvalue weighted by atomic mass is 10.2. The molecule has 0 aliphatic carbocycles. The molecule has 5 nitrogen and oxygen atoms in total. The first-order chi connectivity index (χ1) is 8.06. The van der Waals surface area contributed by atoms with Gasteiger partial charge in [-0.05, 0) is 37.6 Å². The molecule has 2 aromatic rings. The topological polar surface area (TPSA) is 73.8 Å². The number of hydrogen-bond donors (Lipinski definition) is 1. The average molecular weight is 230 g/mol. The fraction of sp³-hybridized carbons (Fsp3) is 0.250. The van der Waals surface area contributed by atoms with Crippen LogP contribution in [0.2, 0.25) is 0 Å². The molecule has 0 aliphatic heterocycles. The molecule has 2 heterocycles. The number of rotatable bonds is 2. The molecule has 17 heavy (non-hydrogen) atoms. The van der Waals surface area contributed by atoms with E-state index in [0.29, 0.717) is 12.4 Å². The minimum absolute atomic E-state index is 0.238. The molecular weight excluding hydrogens is 216 g/mol. The monoisotopic (exact) mass is 230 g/mol. The zero-order valence-electron chi connectivity index (χ0n) is 9.84. The Bertz CT molecular complexity index is 604. The maximum Gasteiger partial charge on any atom is 0.348 e. The number of nitrogens with two attached hydrogens (primary N) is 1. The van der Waals surface area contributed by atoms with E-state index in [-0.39, 0.29) is 5.69 Å². The largest absolute Gasteiger partial charge is 0.384 e. The van der Waals surface area contributed by atoms with E-state index in [0.717, 1.165) is 17.0 Å². The van der Waals surface area contributed by atoms with E-state index in [1.807, 2.05) is 26.0 Å². The van der Waals surface area contributed by atoms with Crippen molar-refractivity contribution in [3.63, 3.8) is 0 Å². The van der Waals surface area contributed by atoms with Crippen LogP contribution in [0.25, 0.3) is 0 Å². The lowest BCUT2D eigenvalue weighted by molar-refractivity contribution is 0.693. The molecule has 0 saturated heterocycles. The molecule has 88 valence electrons. The highest BCUT2D eigenvalue weighted by Gasteiger charge is 2.04. The molecular formula is C12H14N4O. The van der Waals surface area contributed by atoms with Crippen molar-refractivity contribution in [3.05, 3.63) is 51.8 Å². The molecule has 0 amide bonds. The van der Waals surface area contributed by atoms with Crippen molar-refractivity contribution in [1.29, 1.82) is 0 Å². The third kappa shape index (κ3) is 2.50. The minimum atomic E-state index is -0.238. The van der Waals surface area contributed by atoms with E-state index in [9.17, 15) is 4.79 Å². The summed E-state index contributed by atoms with van der Waals surface area (Å²) in [4.78, 5) is 19.6. The van der Waals surface area contributed by atoms with Gasteiger partial charge in [0.15, 0.2) is 0 Å². The van der Waals surface area contributed by atoms with Gasteiger partial charge in [-0.15, -0.1) is 0 Å². The van der Waals surface area contributed by atoms with Crippen molar-refractivity contribution in [3.8, 4) is 0 Å². The minimum Gasteiger partial charge on any atom is -0.384 e. The van der Waals surface area contributed by atoms with Gasteiger partial charge in [0.2, 0.25) is 0 Å². The van der Waals surface area contributed by atoms with Gasteiger partial charge in [0.1, 0.15) is 5.82 Å². The summed E-state index contributed by atoms with van der Waals surface area (Å²) in [5.74, 6) is 0.452. The van der Waals surface area contributed by atoms with Crippen LogP contribution in [0, 0.1) is 13.8 Å². The van der Waals surface area contributed by atoms with Crippen LogP contribution in [0.15, 0.2) is 29.2 Å². The van der Waals surface area contributed by atoms with Crippen molar-refractivity contribution in [2.75, 3.05) is 5.73 Å². The normalized spacial score (nSPS) is 10.5. The Balaban J connectivity index is 2.40. The van der Waals surface area contributed by atoms with E-state index in [4.69, 9.17) is 5.73 Å². The molecule has 0 spiro atoms. The van der Waals surface area contributed by atoms with Gasteiger partial charge in [-0.1, -0.05) is 0 Å². The highest BCUT2D eigenvalue weighted by molar-refractivity contribution is 5.32. The van der Waals surface area contributed by atoms with E-state index in [1.54, 1.807) is 16.8 Å². The Morgan fingerprint density at radius 1 is 1.35 bits per heavy atom. The zero-order valence-corrected chi connectivity index (χ0v) is 9.84. The predicted molar refractivity (Wildman–Crippen MR) is 65.7 cm³/mol. The third-order valence-corrected chi connectivity index (χ3v) is 2.53. The number of aromatic nitrogens is 3. The highest BCUT2D eigenvalue weighted by Crippen LogP contribution is 2.06. The molecule has 0 bridgehead atoms. The molecule has 0 unspecified atom stereocenters. The Hall–Kier alpha value is -2.17. The molecule has 0 aromatic carbocycles. The Morgan fingerprint density at radius 3 is 2.76 bits per heavy atom. The van der Waals surface area contributed by atoms with Crippen molar-refractivity contribution >= 4 is 5.82 Å². The fourth-order valence-electron chi connectivity index (χ4n) is 1.74. The van der Waals surface area contributed by atoms with Crippen molar-refractivity contribution < 1.29 is 0 Å². The molecule has 2 N–H and O–H groups in total. The second-order valence-electron chi connectivity index (χ2n) is 4.00. The van der Waals surface area contributed by atoms with Gasteiger partial charge >= 0.3 is 5.69 Å². The van der Waals surface area contributed by atoms with Crippen LogP contribution in [-0.2, 0) is 6.54 Å². The molecule has 5 heteroatoms. The lowest BCUT2D eigenvalue weighted by Gasteiger charge is -2.09. The van der Waals surface area contributed by atoms with Crippen LogP contribution in [0.3, 0.4) is 0 Å². The fourth-order valence-corrected chi connectivity index (χ4v) is 1.74. The number of anilines is 1. The summed E-state index contributed by atoms with van der Waals surface area (Å²) in [5.41, 5.74) is 7.92. The van der Waals surface area contributed by atoms with Crippen LogP contribution in [0.4, 0.5) is 5.82 Å². The molecule has 0 saturated carbocycles.